The number of unbranched alkanes of at least 4 members (excludes halogenated alkanes) is 1. The maximum atomic E-state index is 11.6. The van der Waals surface area contributed by atoms with Crippen molar-refractivity contribution in [1.29, 1.82) is 0 Å². The maximum Gasteiger partial charge on any atom is 0.261 e. The number of benzene rings is 4. The quantitative estimate of drug-likeness (QED) is 0.0615. The smallest absolute Gasteiger partial charge is 0.261 e. The molecule has 0 amide bonds. The lowest BCUT2D eigenvalue weighted by Gasteiger charge is -2.43. The first-order chi connectivity index (χ1) is 25.6. The highest BCUT2D eigenvalue weighted by molar-refractivity contribution is 6.99. The van der Waals surface area contributed by atoms with Crippen molar-refractivity contribution in [3.8, 4) is 0 Å². The molecule has 53 heavy (non-hydrogen) atoms. The maximum absolute atomic E-state index is 11.6. The van der Waals surface area contributed by atoms with E-state index in [4.69, 9.17) is 13.6 Å². The van der Waals surface area contributed by atoms with Crippen LogP contribution in [0.3, 0.4) is 0 Å². The highest BCUT2D eigenvalue weighted by Gasteiger charge is 2.50. The van der Waals surface area contributed by atoms with E-state index in [0.29, 0.717) is 13.2 Å². The summed E-state index contributed by atoms with van der Waals surface area (Å²) >= 11 is 0. The van der Waals surface area contributed by atoms with Crippen molar-refractivity contribution in [3.05, 3.63) is 133 Å². The van der Waals surface area contributed by atoms with Crippen LogP contribution in [0.2, 0.25) is 11.1 Å². The van der Waals surface area contributed by atoms with Gasteiger partial charge in [-0.05, 0) is 76.4 Å². The molecule has 1 aliphatic heterocycles. The molecule has 6 heteroatoms. The van der Waals surface area contributed by atoms with Crippen molar-refractivity contribution < 1.29 is 18.4 Å². The zero-order valence-corrected chi connectivity index (χ0v) is 35.1. The van der Waals surface area contributed by atoms with Gasteiger partial charge in [-0.15, -0.1) is 0 Å². The molecule has 4 aromatic rings. The molecule has 1 heterocycles. The van der Waals surface area contributed by atoms with Gasteiger partial charge in [-0.25, -0.2) is 0 Å². The van der Waals surface area contributed by atoms with Gasteiger partial charge in [-0.1, -0.05) is 175 Å². The van der Waals surface area contributed by atoms with Gasteiger partial charge in [0.1, 0.15) is 6.29 Å². The fourth-order valence-corrected chi connectivity index (χ4v) is 17.2. The van der Waals surface area contributed by atoms with Gasteiger partial charge in [0.2, 0.25) is 0 Å². The molecule has 4 aromatic carbocycles. The Balaban J connectivity index is 1.49. The summed E-state index contributed by atoms with van der Waals surface area (Å²) < 4.78 is 22.1. The number of hydrogen-bond donors (Lipinski definition) is 0. The van der Waals surface area contributed by atoms with Crippen LogP contribution in [0.4, 0.5) is 0 Å². The van der Waals surface area contributed by atoms with Gasteiger partial charge in [0, 0.05) is 5.92 Å². The summed E-state index contributed by atoms with van der Waals surface area (Å²) in [6.45, 7) is 14.6. The number of carbonyl (C=O) groups is 1. The molecule has 1 unspecified atom stereocenters. The van der Waals surface area contributed by atoms with Crippen LogP contribution in [0.1, 0.15) is 86.5 Å². The van der Waals surface area contributed by atoms with Crippen molar-refractivity contribution >= 4 is 43.7 Å². The predicted octanol–water partition coefficient (Wildman–Crippen LogP) is 9.01. The van der Waals surface area contributed by atoms with E-state index in [-0.39, 0.29) is 17.1 Å². The van der Waals surface area contributed by atoms with Crippen molar-refractivity contribution in [1.82, 2.24) is 0 Å². The van der Waals surface area contributed by atoms with Crippen molar-refractivity contribution in [2.24, 2.45) is 5.92 Å². The number of carbonyl (C=O) groups excluding carboxylic acids is 1. The van der Waals surface area contributed by atoms with E-state index >= 15 is 0 Å². The van der Waals surface area contributed by atoms with Gasteiger partial charge in [0.15, 0.2) is 0 Å². The van der Waals surface area contributed by atoms with Crippen molar-refractivity contribution in [3.63, 3.8) is 0 Å². The van der Waals surface area contributed by atoms with Crippen LogP contribution in [0.25, 0.3) is 0 Å². The molecular formula is C47H62O4Si2. The third-order valence-electron chi connectivity index (χ3n) is 11.4. The average Bonchev–Trinajstić information content (AvgIpc) is 3.33. The zero-order chi connectivity index (χ0) is 37.8. The SMILES string of the molecule is CCCC[Si](O[C@@H]1CCC(=CCO[Si](c2ccccc2)(c2ccccc2)C(C)(C)C)CO[C@@]1(C)CCCC(C)C=O)(c1ccccc1)c1ccccc1. The largest absolute Gasteiger partial charge is 0.404 e. The van der Waals surface area contributed by atoms with E-state index in [9.17, 15) is 4.79 Å². The number of ether oxygens (including phenoxy) is 1. The fraction of sp³-hybridized carbons (Fsp3) is 0.426. The first kappa shape index (κ1) is 40.8. The number of aldehydes is 1. The van der Waals surface area contributed by atoms with E-state index in [1.54, 1.807) is 0 Å². The highest BCUT2D eigenvalue weighted by Crippen LogP contribution is 2.38. The lowest BCUT2D eigenvalue weighted by atomic mass is 9.88. The summed E-state index contributed by atoms with van der Waals surface area (Å²) in [4.78, 5) is 11.6. The molecule has 3 atom stereocenters. The van der Waals surface area contributed by atoms with E-state index in [2.05, 4.69) is 162 Å². The topological polar surface area (TPSA) is 44.8 Å². The van der Waals surface area contributed by atoms with E-state index in [0.717, 1.165) is 57.3 Å². The number of hydrogen-bond acceptors (Lipinski definition) is 4. The fourth-order valence-electron chi connectivity index (χ4n) is 8.25. The third-order valence-corrected chi connectivity index (χ3v) is 20.6. The van der Waals surface area contributed by atoms with Gasteiger partial charge in [-0.3, -0.25) is 0 Å². The van der Waals surface area contributed by atoms with E-state index in [1.807, 2.05) is 6.92 Å². The average molecular weight is 747 g/mol. The minimum Gasteiger partial charge on any atom is -0.404 e. The molecular weight excluding hydrogens is 685 g/mol. The molecule has 0 aromatic heterocycles. The predicted molar refractivity (Wildman–Crippen MR) is 227 cm³/mol. The van der Waals surface area contributed by atoms with Crippen molar-refractivity contribution in [2.45, 2.75) is 109 Å². The molecule has 0 N–H and O–H groups in total. The van der Waals surface area contributed by atoms with E-state index in [1.165, 1.54) is 26.3 Å². The Hall–Kier alpha value is -3.40. The van der Waals surface area contributed by atoms with Gasteiger partial charge < -0.3 is 18.4 Å². The summed E-state index contributed by atoms with van der Waals surface area (Å²) in [5.74, 6) is 0.0319. The third kappa shape index (κ3) is 9.65. The molecule has 4 nitrogen and oxygen atoms in total. The molecule has 0 bridgehead atoms. The van der Waals surface area contributed by atoms with Crippen LogP contribution in [0.15, 0.2) is 133 Å². The Morgan fingerprint density at radius 2 is 1.32 bits per heavy atom. The first-order valence-corrected chi connectivity index (χ1v) is 23.9. The molecule has 0 saturated carbocycles. The normalized spacial score (nSPS) is 19.8. The molecule has 282 valence electrons. The van der Waals surface area contributed by atoms with Crippen LogP contribution < -0.4 is 20.7 Å². The van der Waals surface area contributed by atoms with Crippen LogP contribution in [-0.2, 0) is 18.4 Å². The van der Waals surface area contributed by atoms with Crippen LogP contribution in [0, 0.1) is 5.92 Å². The lowest BCUT2D eigenvalue weighted by Crippen LogP contribution is -2.66. The second kappa shape index (κ2) is 18.8. The monoisotopic (exact) mass is 746 g/mol. The van der Waals surface area contributed by atoms with Crippen LogP contribution >= 0.6 is 0 Å². The van der Waals surface area contributed by atoms with E-state index < -0.39 is 22.2 Å². The Bertz CT molecular complexity index is 1630. The minimum absolute atomic E-state index is 0.0319. The standard InChI is InChI=1S/C47H62O4Si2/c1-7-8-36-52(41-23-13-9-14-24-41,42-25-15-10-16-26-42)51-45-32-31-40(38-49-47(45,6)34-21-22-39(2)37-48)33-35-50-53(46(3,4)5,43-27-17-11-18-28-43)44-29-19-12-20-30-44/h9-20,23-30,33,37,39,45H,7-8,21-22,31-32,34-36,38H2,1-6H3/t39?,45-,47+/m1/s1. The minimum atomic E-state index is -2.68. The molecule has 1 fully saturated rings. The molecule has 0 spiro atoms. The Kier molecular flexibility index (Phi) is 14.4. The zero-order valence-electron chi connectivity index (χ0n) is 33.1. The molecule has 1 saturated heterocycles. The molecule has 5 rings (SSSR count). The highest BCUT2D eigenvalue weighted by atomic mass is 28.4. The van der Waals surface area contributed by atoms with Gasteiger partial charge in [-0.2, -0.15) is 0 Å². The lowest BCUT2D eigenvalue weighted by molar-refractivity contribution is -0.111. The second-order valence-electron chi connectivity index (χ2n) is 16.3. The van der Waals surface area contributed by atoms with Gasteiger partial charge >= 0.3 is 0 Å². The molecule has 1 aliphatic rings. The first-order valence-electron chi connectivity index (χ1n) is 19.9. The van der Waals surface area contributed by atoms with Crippen LogP contribution in [-0.4, -0.2) is 47.8 Å². The summed E-state index contributed by atoms with van der Waals surface area (Å²) in [5.41, 5.74) is 0.757. The summed E-state index contributed by atoms with van der Waals surface area (Å²) in [6, 6.07) is 44.7. The second-order valence-corrected chi connectivity index (χ2v) is 24.1. The van der Waals surface area contributed by atoms with Gasteiger partial charge in [0.05, 0.1) is 24.9 Å². The summed E-state index contributed by atoms with van der Waals surface area (Å²) in [7, 11) is -5.35. The number of rotatable bonds is 17. The Morgan fingerprint density at radius 1 is 0.811 bits per heavy atom. The summed E-state index contributed by atoms with van der Waals surface area (Å²) in [5, 5.41) is 5.11. The molecule has 0 aliphatic carbocycles. The van der Waals surface area contributed by atoms with Crippen LogP contribution in [0.5, 0.6) is 0 Å². The molecule has 0 radical (unpaired) electrons. The Morgan fingerprint density at radius 3 is 1.79 bits per heavy atom. The van der Waals surface area contributed by atoms with Gasteiger partial charge in [0.25, 0.3) is 16.6 Å². The Labute approximate surface area is 322 Å². The summed E-state index contributed by atoms with van der Waals surface area (Å²) in [6.07, 6.45) is 9.82. The van der Waals surface area contributed by atoms with Crippen molar-refractivity contribution in [2.75, 3.05) is 13.2 Å².